The second kappa shape index (κ2) is 6.98. The molecule has 23 heavy (non-hydrogen) atoms. The number of anilines is 1. The number of halogens is 1. The zero-order valence-electron chi connectivity index (χ0n) is 14.8. The molecule has 0 aromatic carbocycles. The molecule has 1 aromatic rings. The lowest BCUT2D eigenvalue weighted by atomic mass is 9.76. The Kier molecular flexibility index (Phi) is 5.17. The fraction of sp³-hybridized carbons (Fsp3) is 0.737. The van der Waals surface area contributed by atoms with Crippen LogP contribution in [0.25, 0.3) is 0 Å². The van der Waals surface area contributed by atoms with E-state index in [1.165, 1.54) is 25.7 Å². The van der Waals surface area contributed by atoms with Crippen LogP contribution in [0.4, 0.5) is 5.82 Å². The first-order chi connectivity index (χ1) is 11.0. The van der Waals surface area contributed by atoms with Crippen LogP contribution in [-0.4, -0.2) is 42.1 Å². The van der Waals surface area contributed by atoms with Gasteiger partial charge in [-0.2, -0.15) is 0 Å². The molecule has 0 N–H and O–H groups in total. The van der Waals surface area contributed by atoms with Crippen molar-refractivity contribution in [2.75, 3.05) is 31.1 Å². The first-order valence-corrected chi connectivity index (χ1v) is 9.48. The van der Waals surface area contributed by atoms with E-state index in [1.807, 2.05) is 12.1 Å². The van der Waals surface area contributed by atoms with Gasteiger partial charge in [-0.1, -0.05) is 38.8 Å². The number of piperazine rings is 1. The third-order valence-electron chi connectivity index (χ3n) is 6.29. The summed E-state index contributed by atoms with van der Waals surface area (Å²) >= 11 is 5.93. The maximum absolute atomic E-state index is 5.93. The van der Waals surface area contributed by atoms with Crippen molar-refractivity contribution < 1.29 is 0 Å². The molecule has 2 heterocycles. The molecule has 4 heteroatoms. The molecule has 1 saturated heterocycles. The highest BCUT2D eigenvalue weighted by Gasteiger charge is 2.37. The van der Waals surface area contributed by atoms with E-state index in [-0.39, 0.29) is 0 Å². The molecule has 0 bridgehead atoms. The predicted molar refractivity (Wildman–Crippen MR) is 98.2 cm³/mol. The van der Waals surface area contributed by atoms with Crippen LogP contribution >= 0.6 is 11.6 Å². The van der Waals surface area contributed by atoms with Gasteiger partial charge in [-0.05, 0) is 42.7 Å². The smallest absolute Gasteiger partial charge is 0.128 e. The lowest BCUT2D eigenvalue weighted by Gasteiger charge is -2.39. The summed E-state index contributed by atoms with van der Waals surface area (Å²) in [5.74, 6) is 1.96. The molecule has 1 unspecified atom stereocenters. The fourth-order valence-corrected chi connectivity index (χ4v) is 4.27. The first kappa shape index (κ1) is 17.0. The molecule has 3 nitrogen and oxygen atoms in total. The molecule has 1 saturated carbocycles. The van der Waals surface area contributed by atoms with E-state index in [9.17, 15) is 0 Å². The van der Waals surface area contributed by atoms with Crippen molar-refractivity contribution in [3.05, 3.63) is 23.4 Å². The molecule has 1 aliphatic carbocycles. The van der Waals surface area contributed by atoms with Crippen molar-refractivity contribution in [2.45, 2.75) is 52.5 Å². The minimum Gasteiger partial charge on any atom is -0.354 e. The van der Waals surface area contributed by atoms with Crippen LogP contribution in [0, 0.1) is 11.3 Å². The van der Waals surface area contributed by atoms with Crippen LogP contribution in [0.5, 0.6) is 0 Å². The Morgan fingerprint density at radius 3 is 2.52 bits per heavy atom. The molecule has 1 aliphatic heterocycles. The Labute approximate surface area is 146 Å². The SMILES string of the molecule is CCC(C)(C)C1CC[C@@H](N2CCN(c3ccc(Cl)cn3)CC2)C1. The minimum atomic E-state index is 0.504. The summed E-state index contributed by atoms with van der Waals surface area (Å²) in [5.41, 5.74) is 0.504. The molecule has 2 fully saturated rings. The monoisotopic (exact) mass is 335 g/mol. The van der Waals surface area contributed by atoms with E-state index < -0.39 is 0 Å². The van der Waals surface area contributed by atoms with E-state index in [0.717, 1.165) is 44.0 Å². The molecule has 0 amide bonds. The zero-order valence-corrected chi connectivity index (χ0v) is 15.5. The lowest BCUT2D eigenvalue weighted by Crippen LogP contribution is -2.50. The normalized spacial score (nSPS) is 26.7. The van der Waals surface area contributed by atoms with Crippen molar-refractivity contribution in [3.8, 4) is 0 Å². The van der Waals surface area contributed by atoms with Crippen LogP contribution in [0.2, 0.25) is 5.02 Å². The Morgan fingerprint density at radius 2 is 1.91 bits per heavy atom. The first-order valence-electron chi connectivity index (χ1n) is 9.10. The van der Waals surface area contributed by atoms with Gasteiger partial charge in [0.05, 0.1) is 5.02 Å². The summed E-state index contributed by atoms with van der Waals surface area (Å²) < 4.78 is 0. The van der Waals surface area contributed by atoms with Crippen molar-refractivity contribution in [2.24, 2.45) is 11.3 Å². The third kappa shape index (κ3) is 3.83. The van der Waals surface area contributed by atoms with E-state index >= 15 is 0 Å². The topological polar surface area (TPSA) is 19.4 Å². The van der Waals surface area contributed by atoms with Gasteiger partial charge in [0.25, 0.3) is 0 Å². The maximum atomic E-state index is 5.93. The average molecular weight is 336 g/mol. The van der Waals surface area contributed by atoms with Crippen molar-refractivity contribution >= 4 is 17.4 Å². The Morgan fingerprint density at radius 1 is 1.17 bits per heavy atom. The van der Waals surface area contributed by atoms with Gasteiger partial charge in [0.15, 0.2) is 0 Å². The van der Waals surface area contributed by atoms with Gasteiger partial charge in [0, 0.05) is 38.4 Å². The van der Waals surface area contributed by atoms with Crippen molar-refractivity contribution in [1.82, 2.24) is 9.88 Å². The summed E-state index contributed by atoms with van der Waals surface area (Å²) in [4.78, 5) is 9.56. The average Bonchev–Trinajstić information content (AvgIpc) is 3.07. The van der Waals surface area contributed by atoms with Gasteiger partial charge in [-0.3, -0.25) is 4.90 Å². The second-order valence-corrected chi connectivity index (χ2v) is 8.30. The highest BCUT2D eigenvalue weighted by Crippen LogP contribution is 2.43. The standard InChI is InChI=1S/C19H30ClN3/c1-4-19(2,3)15-5-7-17(13-15)22-9-11-23(12-10-22)18-8-6-16(20)14-21-18/h6,8,14-15,17H,4-5,7,9-13H2,1-3H3/t15?,17-/m1/s1. The summed E-state index contributed by atoms with van der Waals surface area (Å²) in [6.07, 6.45) is 7.22. The quantitative estimate of drug-likeness (QED) is 0.809. The summed E-state index contributed by atoms with van der Waals surface area (Å²) in [5, 5.41) is 0.711. The zero-order chi connectivity index (χ0) is 16.4. The maximum Gasteiger partial charge on any atom is 0.128 e. The van der Waals surface area contributed by atoms with Gasteiger partial charge >= 0.3 is 0 Å². The summed E-state index contributed by atoms with van der Waals surface area (Å²) in [6.45, 7) is 11.7. The molecular formula is C19H30ClN3. The van der Waals surface area contributed by atoms with Crippen LogP contribution in [0.15, 0.2) is 18.3 Å². The minimum absolute atomic E-state index is 0.504. The number of rotatable bonds is 4. The highest BCUT2D eigenvalue weighted by atomic mass is 35.5. The number of aromatic nitrogens is 1. The molecule has 3 rings (SSSR count). The lowest BCUT2D eigenvalue weighted by molar-refractivity contribution is 0.158. The second-order valence-electron chi connectivity index (χ2n) is 7.86. The van der Waals surface area contributed by atoms with Crippen LogP contribution < -0.4 is 4.90 Å². The Hall–Kier alpha value is -0.800. The number of pyridine rings is 1. The Balaban J connectivity index is 1.53. The van der Waals surface area contributed by atoms with E-state index in [1.54, 1.807) is 6.20 Å². The van der Waals surface area contributed by atoms with Gasteiger partial charge in [0.2, 0.25) is 0 Å². The predicted octanol–water partition coefficient (Wildman–Crippen LogP) is 4.46. The van der Waals surface area contributed by atoms with Gasteiger partial charge in [-0.15, -0.1) is 0 Å². The van der Waals surface area contributed by atoms with Crippen LogP contribution in [0.1, 0.15) is 46.5 Å². The van der Waals surface area contributed by atoms with Crippen molar-refractivity contribution in [3.63, 3.8) is 0 Å². The fourth-order valence-electron chi connectivity index (χ4n) is 4.16. The third-order valence-corrected chi connectivity index (χ3v) is 6.51. The molecule has 128 valence electrons. The van der Waals surface area contributed by atoms with Crippen molar-refractivity contribution in [1.29, 1.82) is 0 Å². The van der Waals surface area contributed by atoms with Gasteiger partial charge in [-0.25, -0.2) is 4.98 Å². The van der Waals surface area contributed by atoms with Gasteiger partial charge < -0.3 is 4.90 Å². The molecule has 0 spiro atoms. The number of hydrogen-bond acceptors (Lipinski definition) is 3. The molecule has 1 aromatic heterocycles. The Bertz CT molecular complexity index is 506. The summed E-state index contributed by atoms with van der Waals surface area (Å²) in [6, 6.07) is 4.77. The van der Waals surface area contributed by atoms with Crippen LogP contribution in [0.3, 0.4) is 0 Å². The largest absolute Gasteiger partial charge is 0.354 e. The van der Waals surface area contributed by atoms with E-state index in [2.05, 4.69) is 35.6 Å². The molecular weight excluding hydrogens is 306 g/mol. The molecule has 2 aliphatic rings. The number of nitrogens with zero attached hydrogens (tertiary/aromatic N) is 3. The highest BCUT2D eigenvalue weighted by molar-refractivity contribution is 6.30. The van der Waals surface area contributed by atoms with E-state index in [0.29, 0.717) is 10.4 Å². The van der Waals surface area contributed by atoms with Gasteiger partial charge in [0.1, 0.15) is 5.82 Å². The molecule has 2 atom stereocenters. The summed E-state index contributed by atoms with van der Waals surface area (Å²) in [7, 11) is 0. The van der Waals surface area contributed by atoms with E-state index in [4.69, 9.17) is 11.6 Å². The van der Waals surface area contributed by atoms with Crippen LogP contribution in [-0.2, 0) is 0 Å². The number of hydrogen-bond donors (Lipinski definition) is 0. The molecule has 0 radical (unpaired) electrons.